The van der Waals surface area contributed by atoms with Crippen molar-refractivity contribution in [2.45, 2.75) is 41.3 Å². The molecule has 1 aliphatic carbocycles. The second kappa shape index (κ2) is 3.41. The molecule has 1 saturated carbocycles. The topological polar surface area (TPSA) is 38.3 Å². The highest BCUT2D eigenvalue weighted by atomic mass is 35.6. The molecule has 1 atom stereocenters. The standard InChI is InChI=1S/C8H10Cl3NO2/c9-8(10,11)5-6(13)12-7(14-5)3-1-2-4-7/h5H,1-4H2,(H,12,13). The summed E-state index contributed by atoms with van der Waals surface area (Å²) in [4.78, 5) is 11.5. The molecule has 0 aromatic rings. The number of amides is 1. The lowest BCUT2D eigenvalue weighted by Crippen LogP contribution is -2.39. The molecule has 2 rings (SSSR count). The molecular formula is C8H10Cl3NO2. The zero-order valence-corrected chi connectivity index (χ0v) is 9.62. The fraction of sp³-hybridized carbons (Fsp3) is 0.875. The minimum atomic E-state index is -1.68. The van der Waals surface area contributed by atoms with E-state index < -0.39 is 15.6 Å². The van der Waals surface area contributed by atoms with E-state index in [2.05, 4.69) is 5.32 Å². The Kier molecular flexibility index (Phi) is 2.63. The number of hydrogen-bond acceptors (Lipinski definition) is 2. The molecule has 14 heavy (non-hydrogen) atoms. The van der Waals surface area contributed by atoms with Crippen LogP contribution in [0.1, 0.15) is 25.7 Å². The molecule has 1 unspecified atom stereocenters. The third-order valence-electron chi connectivity index (χ3n) is 2.64. The summed E-state index contributed by atoms with van der Waals surface area (Å²) < 4.78 is 3.85. The summed E-state index contributed by atoms with van der Waals surface area (Å²) in [5.41, 5.74) is -0.564. The van der Waals surface area contributed by atoms with Crippen LogP contribution in [0, 0.1) is 0 Å². The quantitative estimate of drug-likeness (QED) is 0.676. The van der Waals surface area contributed by atoms with Crippen molar-refractivity contribution in [2.75, 3.05) is 0 Å². The Labute approximate surface area is 97.0 Å². The molecule has 0 aromatic carbocycles. The normalized spacial score (nSPS) is 31.1. The molecule has 0 radical (unpaired) electrons. The van der Waals surface area contributed by atoms with Crippen LogP contribution in [0.4, 0.5) is 0 Å². The molecule has 6 heteroatoms. The van der Waals surface area contributed by atoms with Crippen molar-refractivity contribution in [3.63, 3.8) is 0 Å². The molecule has 3 nitrogen and oxygen atoms in total. The van der Waals surface area contributed by atoms with Gasteiger partial charge < -0.3 is 10.1 Å². The Morgan fingerprint density at radius 1 is 1.36 bits per heavy atom. The average molecular weight is 259 g/mol. The lowest BCUT2D eigenvalue weighted by molar-refractivity contribution is -0.123. The second-order valence-corrected chi connectivity index (χ2v) is 6.10. The predicted octanol–water partition coefficient (Wildman–Crippen LogP) is 2.14. The first-order chi connectivity index (χ1) is 6.43. The molecule has 0 bridgehead atoms. The summed E-state index contributed by atoms with van der Waals surface area (Å²) in [7, 11) is 0. The molecule has 1 heterocycles. The van der Waals surface area contributed by atoms with E-state index in [0.717, 1.165) is 25.7 Å². The Morgan fingerprint density at radius 2 is 1.93 bits per heavy atom. The highest BCUT2D eigenvalue weighted by Crippen LogP contribution is 2.42. The molecule has 2 fully saturated rings. The first kappa shape index (κ1) is 10.8. The Hall–Kier alpha value is 0.300. The van der Waals surface area contributed by atoms with Crippen LogP contribution in [0.3, 0.4) is 0 Å². The minimum Gasteiger partial charge on any atom is -0.338 e. The number of halogens is 3. The molecular weight excluding hydrogens is 248 g/mol. The summed E-state index contributed by atoms with van der Waals surface area (Å²) >= 11 is 16.9. The first-order valence-corrected chi connectivity index (χ1v) is 5.63. The number of rotatable bonds is 0. The molecule has 1 spiro atoms. The number of nitrogens with one attached hydrogen (secondary N) is 1. The maximum absolute atomic E-state index is 11.5. The van der Waals surface area contributed by atoms with Gasteiger partial charge in [0.2, 0.25) is 3.79 Å². The van der Waals surface area contributed by atoms with Crippen LogP contribution >= 0.6 is 34.8 Å². The zero-order chi connectivity index (χ0) is 10.4. The van der Waals surface area contributed by atoms with Gasteiger partial charge in [-0.05, 0) is 25.7 Å². The predicted molar refractivity (Wildman–Crippen MR) is 54.5 cm³/mol. The van der Waals surface area contributed by atoms with E-state index in [1.807, 2.05) is 0 Å². The van der Waals surface area contributed by atoms with Crippen LogP contribution in [0.15, 0.2) is 0 Å². The van der Waals surface area contributed by atoms with E-state index in [0.29, 0.717) is 0 Å². The molecule has 1 aliphatic heterocycles. The number of carbonyl (C=O) groups excluding carboxylic acids is 1. The number of alkyl halides is 3. The first-order valence-electron chi connectivity index (χ1n) is 4.50. The minimum absolute atomic E-state index is 0.327. The van der Waals surface area contributed by atoms with E-state index in [1.165, 1.54) is 0 Å². The van der Waals surface area contributed by atoms with Crippen LogP contribution < -0.4 is 5.32 Å². The third-order valence-corrected chi connectivity index (χ3v) is 3.24. The SMILES string of the molecule is O=C1NC2(CCCC2)OC1C(Cl)(Cl)Cl. The Morgan fingerprint density at radius 3 is 2.36 bits per heavy atom. The van der Waals surface area contributed by atoms with Gasteiger partial charge >= 0.3 is 0 Å². The maximum Gasteiger partial charge on any atom is 0.255 e. The maximum atomic E-state index is 11.5. The van der Waals surface area contributed by atoms with E-state index >= 15 is 0 Å². The van der Waals surface area contributed by atoms with Crippen molar-refractivity contribution < 1.29 is 9.53 Å². The van der Waals surface area contributed by atoms with E-state index in [-0.39, 0.29) is 5.91 Å². The second-order valence-electron chi connectivity index (χ2n) is 3.73. The van der Waals surface area contributed by atoms with Gasteiger partial charge in [0.05, 0.1) is 0 Å². The van der Waals surface area contributed by atoms with Gasteiger partial charge in [-0.3, -0.25) is 4.79 Å². The summed E-state index contributed by atoms with van der Waals surface area (Å²) in [6.07, 6.45) is 2.69. The van der Waals surface area contributed by atoms with Gasteiger partial charge in [0, 0.05) is 0 Å². The summed E-state index contributed by atoms with van der Waals surface area (Å²) in [6, 6.07) is 0. The summed E-state index contributed by atoms with van der Waals surface area (Å²) in [5.74, 6) is -0.327. The number of carbonyl (C=O) groups is 1. The van der Waals surface area contributed by atoms with Gasteiger partial charge in [-0.15, -0.1) is 0 Å². The Bertz CT molecular complexity index is 258. The van der Waals surface area contributed by atoms with E-state index in [4.69, 9.17) is 39.5 Å². The van der Waals surface area contributed by atoms with Crippen molar-refractivity contribution in [3.8, 4) is 0 Å². The lowest BCUT2D eigenvalue weighted by atomic mass is 10.2. The van der Waals surface area contributed by atoms with Gasteiger partial charge in [0.1, 0.15) is 5.72 Å². The van der Waals surface area contributed by atoms with Gasteiger partial charge in [-0.2, -0.15) is 0 Å². The van der Waals surface area contributed by atoms with Crippen molar-refractivity contribution in [3.05, 3.63) is 0 Å². The van der Waals surface area contributed by atoms with Crippen LogP contribution in [0.25, 0.3) is 0 Å². The fourth-order valence-corrected chi connectivity index (χ4v) is 2.43. The smallest absolute Gasteiger partial charge is 0.255 e. The van der Waals surface area contributed by atoms with E-state index in [9.17, 15) is 4.79 Å². The number of ether oxygens (including phenoxy) is 1. The highest BCUT2D eigenvalue weighted by molar-refractivity contribution is 6.68. The van der Waals surface area contributed by atoms with Crippen LogP contribution in [0.2, 0.25) is 0 Å². The molecule has 1 N–H and O–H groups in total. The van der Waals surface area contributed by atoms with Crippen LogP contribution in [0.5, 0.6) is 0 Å². The molecule has 1 amide bonds. The third kappa shape index (κ3) is 1.83. The largest absolute Gasteiger partial charge is 0.338 e. The van der Waals surface area contributed by atoms with Crippen molar-refractivity contribution in [2.24, 2.45) is 0 Å². The van der Waals surface area contributed by atoms with Crippen LogP contribution in [-0.4, -0.2) is 21.5 Å². The summed E-state index contributed by atoms with van der Waals surface area (Å²) in [6.45, 7) is 0. The summed E-state index contributed by atoms with van der Waals surface area (Å²) in [5, 5.41) is 2.77. The average Bonchev–Trinajstić information content (AvgIpc) is 2.59. The van der Waals surface area contributed by atoms with Gasteiger partial charge in [-0.25, -0.2) is 0 Å². The van der Waals surface area contributed by atoms with Crippen molar-refractivity contribution >= 4 is 40.7 Å². The van der Waals surface area contributed by atoms with Gasteiger partial charge in [0.15, 0.2) is 6.10 Å². The molecule has 1 saturated heterocycles. The van der Waals surface area contributed by atoms with Crippen LogP contribution in [-0.2, 0) is 9.53 Å². The van der Waals surface area contributed by atoms with Crippen molar-refractivity contribution in [1.29, 1.82) is 0 Å². The van der Waals surface area contributed by atoms with Crippen molar-refractivity contribution in [1.82, 2.24) is 5.32 Å². The highest BCUT2D eigenvalue weighted by Gasteiger charge is 2.53. The van der Waals surface area contributed by atoms with E-state index in [1.54, 1.807) is 0 Å². The zero-order valence-electron chi connectivity index (χ0n) is 7.36. The molecule has 0 aromatic heterocycles. The van der Waals surface area contributed by atoms with Gasteiger partial charge in [-0.1, -0.05) is 34.8 Å². The lowest BCUT2D eigenvalue weighted by Gasteiger charge is -2.24. The van der Waals surface area contributed by atoms with Gasteiger partial charge in [0.25, 0.3) is 5.91 Å². The number of hydrogen-bond donors (Lipinski definition) is 1. The fourth-order valence-electron chi connectivity index (χ4n) is 2.00. The molecule has 2 aliphatic rings. The molecule has 80 valence electrons. The Balaban J connectivity index is 2.14. The monoisotopic (exact) mass is 257 g/mol.